The van der Waals surface area contributed by atoms with Crippen LogP contribution in [0.5, 0.6) is 0 Å². The molecule has 5 heteroatoms. The Balaban J connectivity index is 1.86. The molecule has 0 spiro atoms. The molecule has 1 saturated heterocycles. The zero-order chi connectivity index (χ0) is 12.4. The minimum atomic E-state index is 0.0371. The normalized spacial score (nSPS) is 19.1. The number of H-pyrrole nitrogens is 1. The molecule has 1 aliphatic heterocycles. The molecule has 1 amide bonds. The highest BCUT2D eigenvalue weighted by atomic mass is 16.2. The predicted molar refractivity (Wildman–Crippen MR) is 65.8 cm³/mol. The molecule has 1 atom stereocenters. The van der Waals surface area contributed by atoms with Crippen LogP contribution in [0.1, 0.15) is 34.8 Å². The van der Waals surface area contributed by atoms with Crippen LogP contribution in [0, 0.1) is 0 Å². The number of aromatic nitrogens is 3. The van der Waals surface area contributed by atoms with Gasteiger partial charge in [0, 0.05) is 25.1 Å². The van der Waals surface area contributed by atoms with Crippen LogP contribution in [0.15, 0.2) is 36.9 Å². The van der Waals surface area contributed by atoms with Crippen molar-refractivity contribution in [3.05, 3.63) is 48.0 Å². The molecule has 2 aromatic heterocycles. The van der Waals surface area contributed by atoms with Gasteiger partial charge in [0.25, 0.3) is 5.91 Å². The highest BCUT2D eigenvalue weighted by Gasteiger charge is 2.30. The third-order valence-electron chi connectivity index (χ3n) is 3.33. The molecule has 18 heavy (non-hydrogen) atoms. The fourth-order valence-electron chi connectivity index (χ4n) is 2.46. The number of pyridine rings is 1. The molecule has 2 aromatic rings. The second-order valence-electron chi connectivity index (χ2n) is 4.43. The first-order valence-corrected chi connectivity index (χ1v) is 6.06. The number of aromatic amines is 1. The molecular weight excluding hydrogens is 228 g/mol. The molecule has 0 saturated carbocycles. The quantitative estimate of drug-likeness (QED) is 0.873. The minimum absolute atomic E-state index is 0.0371. The van der Waals surface area contributed by atoms with E-state index in [0.717, 1.165) is 24.9 Å². The summed E-state index contributed by atoms with van der Waals surface area (Å²) in [6.07, 6.45) is 8.83. The van der Waals surface area contributed by atoms with Gasteiger partial charge < -0.3 is 4.90 Å². The van der Waals surface area contributed by atoms with Gasteiger partial charge in [-0.25, -0.2) is 0 Å². The van der Waals surface area contributed by atoms with Crippen molar-refractivity contribution in [1.82, 2.24) is 20.1 Å². The van der Waals surface area contributed by atoms with Gasteiger partial charge in [-0.05, 0) is 24.5 Å². The number of nitrogens with zero attached hydrogens (tertiary/aromatic N) is 3. The SMILES string of the molecule is O=C(c1cn[nH]c1)N1CCCC1c1cccnc1. The van der Waals surface area contributed by atoms with E-state index in [1.807, 2.05) is 23.2 Å². The van der Waals surface area contributed by atoms with Gasteiger partial charge in [0.15, 0.2) is 0 Å². The second kappa shape index (κ2) is 4.60. The summed E-state index contributed by atoms with van der Waals surface area (Å²) in [5, 5.41) is 6.51. The Morgan fingerprint density at radius 3 is 3.11 bits per heavy atom. The summed E-state index contributed by atoms with van der Waals surface area (Å²) in [7, 11) is 0. The van der Waals surface area contributed by atoms with Crippen molar-refractivity contribution < 1.29 is 4.79 Å². The molecule has 0 radical (unpaired) electrons. The van der Waals surface area contributed by atoms with Gasteiger partial charge >= 0.3 is 0 Å². The smallest absolute Gasteiger partial charge is 0.257 e. The van der Waals surface area contributed by atoms with E-state index in [0.29, 0.717) is 5.56 Å². The molecule has 0 bridgehead atoms. The number of amides is 1. The third-order valence-corrected chi connectivity index (χ3v) is 3.33. The molecule has 5 nitrogen and oxygen atoms in total. The van der Waals surface area contributed by atoms with E-state index in [9.17, 15) is 4.79 Å². The van der Waals surface area contributed by atoms with Crippen LogP contribution in [0.4, 0.5) is 0 Å². The molecule has 92 valence electrons. The van der Waals surface area contributed by atoms with Crippen LogP contribution in [-0.2, 0) is 0 Å². The largest absolute Gasteiger partial charge is 0.331 e. The highest BCUT2D eigenvalue weighted by Crippen LogP contribution is 2.32. The average molecular weight is 242 g/mol. The second-order valence-corrected chi connectivity index (χ2v) is 4.43. The van der Waals surface area contributed by atoms with E-state index in [-0.39, 0.29) is 11.9 Å². The van der Waals surface area contributed by atoms with Gasteiger partial charge in [-0.2, -0.15) is 5.10 Å². The van der Waals surface area contributed by atoms with Crippen LogP contribution in [0.3, 0.4) is 0 Å². The van der Waals surface area contributed by atoms with Crippen molar-refractivity contribution in [2.75, 3.05) is 6.54 Å². The molecular formula is C13H14N4O. The van der Waals surface area contributed by atoms with Crippen LogP contribution in [0.25, 0.3) is 0 Å². The Kier molecular flexibility index (Phi) is 2.80. The number of nitrogens with one attached hydrogen (secondary N) is 1. The van der Waals surface area contributed by atoms with E-state index in [1.54, 1.807) is 18.6 Å². The summed E-state index contributed by atoms with van der Waals surface area (Å²) in [5.41, 5.74) is 1.72. The van der Waals surface area contributed by atoms with Crippen molar-refractivity contribution in [3.63, 3.8) is 0 Å². The van der Waals surface area contributed by atoms with Crippen LogP contribution in [-0.4, -0.2) is 32.5 Å². The van der Waals surface area contributed by atoms with Crippen molar-refractivity contribution in [3.8, 4) is 0 Å². The monoisotopic (exact) mass is 242 g/mol. The van der Waals surface area contributed by atoms with Gasteiger partial charge in [-0.1, -0.05) is 6.07 Å². The fourth-order valence-corrected chi connectivity index (χ4v) is 2.46. The van der Waals surface area contributed by atoms with E-state index in [1.165, 1.54) is 0 Å². The van der Waals surface area contributed by atoms with E-state index in [2.05, 4.69) is 15.2 Å². The topological polar surface area (TPSA) is 61.9 Å². The number of rotatable bonds is 2. The molecule has 1 unspecified atom stereocenters. The lowest BCUT2D eigenvalue weighted by Crippen LogP contribution is -2.30. The summed E-state index contributed by atoms with van der Waals surface area (Å²) in [4.78, 5) is 18.4. The molecule has 0 aliphatic carbocycles. The van der Waals surface area contributed by atoms with Crippen molar-refractivity contribution in [2.24, 2.45) is 0 Å². The summed E-state index contributed by atoms with van der Waals surface area (Å²) < 4.78 is 0. The van der Waals surface area contributed by atoms with Gasteiger partial charge in [0.05, 0.1) is 17.8 Å². The lowest BCUT2D eigenvalue weighted by molar-refractivity contribution is 0.0735. The Morgan fingerprint density at radius 2 is 2.39 bits per heavy atom. The van der Waals surface area contributed by atoms with Gasteiger partial charge in [0.2, 0.25) is 0 Å². The molecule has 1 N–H and O–H groups in total. The first kappa shape index (κ1) is 11.0. The van der Waals surface area contributed by atoms with Crippen LogP contribution >= 0.6 is 0 Å². The Labute approximate surface area is 105 Å². The number of carbonyl (C=O) groups excluding carboxylic acids is 1. The Bertz CT molecular complexity index is 523. The first-order chi connectivity index (χ1) is 8.86. The van der Waals surface area contributed by atoms with Gasteiger partial charge in [-0.15, -0.1) is 0 Å². The third kappa shape index (κ3) is 1.88. The number of hydrogen-bond acceptors (Lipinski definition) is 3. The van der Waals surface area contributed by atoms with E-state index < -0.39 is 0 Å². The lowest BCUT2D eigenvalue weighted by atomic mass is 10.1. The maximum Gasteiger partial charge on any atom is 0.257 e. The molecule has 0 aromatic carbocycles. The number of carbonyl (C=O) groups is 1. The average Bonchev–Trinajstić information content (AvgIpc) is 3.10. The van der Waals surface area contributed by atoms with E-state index >= 15 is 0 Å². The number of likely N-dealkylation sites (tertiary alicyclic amines) is 1. The molecule has 1 fully saturated rings. The zero-order valence-corrected chi connectivity index (χ0v) is 9.91. The summed E-state index contributed by atoms with van der Waals surface area (Å²) in [6, 6.07) is 4.08. The maximum atomic E-state index is 12.3. The predicted octanol–water partition coefficient (Wildman–Crippen LogP) is 1.78. The highest BCUT2D eigenvalue weighted by molar-refractivity contribution is 5.94. The summed E-state index contributed by atoms with van der Waals surface area (Å²) >= 11 is 0. The summed E-state index contributed by atoms with van der Waals surface area (Å²) in [5.74, 6) is 0.0371. The van der Waals surface area contributed by atoms with Gasteiger partial charge in [-0.3, -0.25) is 14.9 Å². The van der Waals surface area contributed by atoms with E-state index in [4.69, 9.17) is 0 Å². The summed E-state index contributed by atoms with van der Waals surface area (Å²) in [6.45, 7) is 0.795. The molecule has 1 aliphatic rings. The van der Waals surface area contributed by atoms with Crippen molar-refractivity contribution >= 4 is 5.91 Å². The molecule has 3 rings (SSSR count). The maximum absolute atomic E-state index is 12.3. The van der Waals surface area contributed by atoms with Crippen LogP contribution in [0.2, 0.25) is 0 Å². The Morgan fingerprint density at radius 1 is 1.44 bits per heavy atom. The standard InChI is InChI=1S/C13H14N4O/c18-13(11-8-15-16-9-11)17-6-2-4-12(17)10-3-1-5-14-7-10/h1,3,5,7-9,12H,2,4,6H2,(H,15,16). The minimum Gasteiger partial charge on any atom is -0.331 e. The lowest BCUT2D eigenvalue weighted by Gasteiger charge is -2.24. The van der Waals surface area contributed by atoms with Crippen LogP contribution < -0.4 is 0 Å². The fraction of sp³-hybridized carbons (Fsp3) is 0.308. The van der Waals surface area contributed by atoms with Crippen molar-refractivity contribution in [1.29, 1.82) is 0 Å². The molecule has 3 heterocycles. The zero-order valence-electron chi connectivity index (χ0n) is 9.91. The number of hydrogen-bond donors (Lipinski definition) is 1. The van der Waals surface area contributed by atoms with Crippen molar-refractivity contribution in [2.45, 2.75) is 18.9 Å². The first-order valence-electron chi connectivity index (χ1n) is 6.06. The van der Waals surface area contributed by atoms with Gasteiger partial charge in [0.1, 0.15) is 0 Å². The Hall–Kier alpha value is -2.17.